The molecule has 0 saturated carbocycles. The summed E-state index contributed by atoms with van der Waals surface area (Å²) in [6.07, 6.45) is 0.716. The lowest BCUT2D eigenvalue weighted by Crippen LogP contribution is -2.08. The lowest BCUT2D eigenvalue weighted by Gasteiger charge is -2.02. The number of nitrogens with zero attached hydrogens (tertiary/aromatic N) is 3. The van der Waals surface area contributed by atoms with E-state index >= 15 is 0 Å². The van der Waals surface area contributed by atoms with E-state index in [1.807, 2.05) is 0 Å². The fourth-order valence-electron chi connectivity index (χ4n) is 1.30. The van der Waals surface area contributed by atoms with E-state index in [-0.39, 0.29) is 6.61 Å². The molecule has 0 fully saturated rings. The summed E-state index contributed by atoms with van der Waals surface area (Å²) in [5.74, 6) is 0.482. The Bertz CT molecular complexity index is 459. The van der Waals surface area contributed by atoms with Crippen LogP contribution in [0.3, 0.4) is 0 Å². The summed E-state index contributed by atoms with van der Waals surface area (Å²) in [5, 5.41) is 3.95. The van der Waals surface area contributed by atoms with Gasteiger partial charge < -0.3 is 4.74 Å². The number of hydrogen-bond acceptors (Lipinski definition) is 3. The average Bonchev–Trinajstić information content (AvgIpc) is 2.75. The Balaban J connectivity index is 1.89. The minimum absolute atomic E-state index is 0.216. The first kappa shape index (κ1) is 11.5. The first-order valence-electron chi connectivity index (χ1n) is 5.08. The molecule has 6 heteroatoms. The van der Waals surface area contributed by atoms with Crippen LogP contribution in [0, 0.1) is 0 Å². The summed E-state index contributed by atoms with van der Waals surface area (Å²) < 4.78 is 30.7. The van der Waals surface area contributed by atoms with E-state index in [0.717, 1.165) is 0 Å². The molecule has 0 bridgehead atoms. The fourth-order valence-corrected chi connectivity index (χ4v) is 1.30. The van der Waals surface area contributed by atoms with Gasteiger partial charge >= 0.3 is 0 Å². The van der Waals surface area contributed by atoms with Crippen LogP contribution in [0.4, 0.5) is 8.78 Å². The zero-order valence-electron chi connectivity index (χ0n) is 8.96. The second kappa shape index (κ2) is 5.38. The van der Waals surface area contributed by atoms with E-state index in [1.54, 1.807) is 30.5 Å². The molecular formula is C11H11F2N3O. The Morgan fingerprint density at radius 2 is 2.18 bits per heavy atom. The second-order valence-corrected chi connectivity index (χ2v) is 3.38. The van der Waals surface area contributed by atoms with Crippen molar-refractivity contribution >= 4 is 0 Å². The number of pyridine rings is 1. The van der Waals surface area contributed by atoms with Crippen LogP contribution >= 0.6 is 0 Å². The van der Waals surface area contributed by atoms with Crippen LogP contribution in [0.1, 0.15) is 5.69 Å². The number of aromatic nitrogens is 3. The number of rotatable bonds is 5. The van der Waals surface area contributed by atoms with E-state index in [1.165, 1.54) is 10.9 Å². The highest BCUT2D eigenvalue weighted by Crippen LogP contribution is 2.07. The first-order chi connectivity index (χ1) is 8.24. The van der Waals surface area contributed by atoms with Crippen LogP contribution in [0.25, 0.3) is 0 Å². The van der Waals surface area contributed by atoms with Gasteiger partial charge in [-0.2, -0.15) is 5.10 Å². The van der Waals surface area contributed by atoms with Gasteiger partial charge in [-0.05, 0) is 12.1 Å². The van der Waals surface area contributed by atoms with Crippen LogP contribution in [0.15, 0.2) is 36.7 Å². The van der Waals surface area contributed by atoms with Gasteiger partial charge in [-0.3, -0.25) is 4.68 Å². The van der Waals surface area contributed by atoms with Crippen molar-refractivity contribution in [3.63, 3.8) is 0 Å². The van der Waals surface area contributed by atoms with Gasteiger partial charge in [-0.1, -0.05) is 6.07 Å². The third-order valence-corrected chi connectivity index (χ3v) is 2.03. The Morgan fingerprint density at radius 3 is 2.88 bits per heavy atom. The molecule has 0 unspecified atom stereocenters. The molecule has 0 aromatic carbocycles. The van der Waals surface area contributed by atoms with Crippen LogP contribution < -0.4 is 4.74 Å². The summed E-state index contributed by atoms with van der Waals surface area (Å²) in [6, 6.07) is 6.95. The van der Waals surface area contributed by atoms with Gasteiger partial charge in [0.25, 0.3) is 6.43 Å². The first-order valence-corrected chi connectivity index (χ1v) is 5.08. The molecule has 17 heavy (non-hydrogen) atoms. The molecule has 0 aliphatic rings. The standard InChI is InChI=1S/C11H11F2N3O/c12-10(13)7-16-6-4-9(15-16)8-17-11-3-1-2-5-14-11/h1-6,10H,7-8H2. The zero-order valence-corrected chi connectivity index (χ0v) is 8.96. The highest BCUT2D eigenvalue weighted by atomic mass is 19.3. The number of hydrogen-bond donors (Lipinski definition) is 0. The van der Waals surface area contributed by atoms with Gasteiger partial charge in [0, 0.05) is 18.5 Å². The summed E-state index contributed by atoms with van der Waals surface area (Å²) in [6.45, 7) is -0.184. The molecule has 0 aliphatic heterocycles. The molecular weight excluding hydrogens is 228 g/mol. The number of ether oxygens (including phenoxy) is 1. The van der Waals surface area contributed by atoms with Gasteiger partial charge in [0.2, 0.25) is 5.88 Å². The van der Waals surface area contributed by atoms with Gasteiger partial charge in [-0.25, -0.2) is 13.8 Å². The molecule has 0 aliphatic carbocycles. The highest BCUT2D eigenvalue weighted by molar-refractivity contribution is 5.10. The molecule has 2 aromatic rings. The predicted molar refractivity (Wildman–Crippen MR) is 56.8 cm³/mol. The van der Waals surface area contributed by atoms with E-state index in [0.29, 0.717) is 11.6 Å². The third kappa shape index (κ3) is 3.51. The largest absolute Gasteiger partial charge is 0.471 e. The molecule has 0 N–H and O–H groups in total. The van der Waals surface area contributed by atoms with Gasteiger partial charge in [0.1, 0.15) is 13.2 Å². The van der Waals surface area contributed by atoms with E-state index < -0.39 is 13.0 Å². The Kier molecular flexibility index (Phi) is 3.64. The molecule has 0 radical (unpaired) electrons. The molecule has 2 rings (SSSR count). The van der Waals surface area contributed by atoms with Crippen molar-refractivity contribution in [3.8, 4) is 5.88 Å². The summed E-state index contributed by atoms with van der Waals surface area (Å²) in [4.78, 5) is 3.97. The second-order valence-electron chi connectivity index (χ2n) is 3.38. The van der Waals surface area contributed by atoms with Gasteiger partial charge in [0.15, 0.2) is 0 Å². The smallest absolute Gasteiger partial charge is 0.257 e. The Hall–Kier alpha value is -1.98. The summed E-state index contributed by atoms with van der Waals surface area (Å²) in [7, 11) is 0. The minimum atomic E-state index is -2.40. The van der Waals surface area contributed by atoms with E-state index in [2.05, 4.69) is 10.1 Å². The molecule has 2 heterocycles. The monoisotopic (exact) mass is 239 g/mol. The molecule has 0 spiro atoms. The van der Waals surface area contributed by atoms with E-state index in [9.17, 15) is 8.78 Å². The maximum Gasteiger partial charge on any atom is 0.257 e. The molecule has 0 atom stereocenters. The quantitative estimate of drug-likeness (QED) is 0.802. The van der Waals surface area contributed by atoms with Crippen LogP contribution in [-0.2, 0) is 13.2 Å². The van der Waals surface area contributed by atoms with Crippen molar-refractivity contribution in [3.05, 3.63) is 42.4 Å². The van der Waals surface area contributed by atoms with Crippen LogP contribution in [-0.4, -0.2) is 21.2 Å². The Morgan fingerprint density at radius 1 is 1.29 bits per heavy atom. The van der Waals surface area contributed by atoms with Gasteiger partial charge in [-0.15, -0.1) is 0 Å². The fraction of sp³-hybridized carbons (Fsp3) is 0.273. The molecule has 0 saturated heterocycles. The van der Waals surface area contributed by atoms with Crippen molar-refractivity contribution in [2.24, 2.45) is 0 Å². The zero-order chi connectivity index (χ0) is 12.1. The van der Waals surface area contributed by atoms with Crippen molar-refractivity contribution in [2.75, 3.05) is 0 Å². The van der Waals surface area contributed by atoms with Crippen molar-refractivity contribution in [1.29, 1.82) is 0 Å². The van der Waals surface area contributed by atoms with Gasteiger partial charge in [0.05, 0.1) is 5.69 Å². The Labute approximate surface area is 96.9 Å². The van der Waals surface area contributed by atoms with Crippen LogP contribution in [0.5, 0.6) is 5.88 Å². The van der Waals surface area contributed by atoms with Crippen molar-refractivity contribution < 1.29 is 13.5 Å². The number of halogens is 2. The van der Waals surface area contributed by atoms with Crippen LogP contribution in [0.2, 0.25) is 0 Å². The highest BCUT2D eigenvalue weighted by Gasteiger charge is 2.06. The molecule has 4 nitrogen and oxygen atoms in total. The van der Waals surface area contributed by atoms with E-state index in [4.69, 9.17) is 4.74 Å². The molecule has 0 amide bonds. The predicted octanol–water partition coefficient (Wildman–Crippen LogP) is 2.12. The average molecular weight is 239 g/mol. The third-order valence-electron chi connectivity index (χ3n) is 2.03. The summed E-state index contributed by atoms with van der Waals surface area (Å²) >= 11 is 0. The summed E-state index contributed by atoms with van der Waals surface area (Å²) in [5.41, 5.74) is 0.594. The lowest BCUT2D eigenvalue weighted by atomic mass is 10.4. The minimum Gasteiger partial charge on any atom is -0.471 e. The number of alkyl halides is 2. The normalized spacial score (nSPS) is 10.8. The maximum atomic E-state index is 12.1. The van der Waals surface area contributed by atoms with Crippen molar-refractivity contribution in [2.45, 2.75) is 19.6 Å². The SMILES string of the molecule is FC(F)Cn1ccc(COc2ccccn2)n1. The molecule has 2 aromatic heterocycles. The van der Waals surface area contributed by atoms with Crippen molar-refractivity contribution in [1.82, 2.24) is 14.8 Å². The maximum absolute atomic E-state index is 12.1. The topological polar surface area (TPSA) is 39.9 Å². The lowest BCUT2D eigenvalue weighted by molar-refractivity contribution is 0.121. The molecule has 90 valence electrons.